The third kappa shape index (κ3) is 3.82. The molecule has 2 aromatic rings. The monoisotopic (exact) mass is 292 g/mol. The van der Waals surface area contributed by atoms with Gasteiger partial charge in [-0.05, 0) is 25.8 Å². The zero-order valence-electron chi connectivity index (χ0n) is 11.1. The molecule has 7 heteroatoms. The fourth-order valence-electron chi connectivity index (χ4n) is 1.66. The van der Waals surface area contributed by atoms with Crippen LogP contribution in [0, 0.1) is 0 Å². The number of aromatic nitrogens is 3. The molecule has 0 radical (unpaired) electrons. The number of nitrogens with one attached hydrogen (secondary N) is 1. The summed E-state index contributed by atoms with van der Waals surface area (Å²) in [4.78, 5) is 24.9. The zero-order chi connectivity index (χ0) is 14.4. The van der Waals surface area contributed by atoms with Gasteiger partial charge < -0.3 is 10.4 Å². The lowest BCUT2D eigenvalue weighted by atomic mass is 10.2. The van der Waals surface area contributed by atoms with E-state index in [1.165, 1.54) is 17.5 Å². The number of carbonyl (C=O) groups is 1. The van der Waals surface area contributed by atoms with Crippen LogP contribution in [0.2, 0.25) is 0 Å². The van der Waals surface area contributed by atoms with Crippen molar-refractivity contribution in [3.05, 3.63) is 29.5 Å². The van der Waals surface area contributed by atoms with Gasteiger partial charge in [-0.25, -0.2) is 15.0 Å². The lowest BCUT2D eigenvalue weighted by Gasteiger charge is -2.11. The molecule has 1 atom stereocenters. The second-order valence-corrected chi connectivity index (χ2v) is 5.37. The Labute approximate surface area is 120 Å². The Hall–Kier alpha value is -1.86. The van der Waals surface area contributed by atoms with Gasteiger partial charge in [-0.3, -0.25) is 4.79 Å². The first kappa shape index (κ1) is 14.5. The number of hydrogen-bond acceptors (Lipinski definition) is 6. The second-order valence-electron chi connectivity index (χ2n) is 4.34. The van der Waals surface area contributed by atoms with E-state index >= 15 is 0 Å². The molecule has 0 aliphatic heterocycles. The van der Waals surface area contributed by atoms with Crippen molar-refractivity contribution in [2.24, 2.45) is 0 Å². The minimum atomic E-state index is -0.157. The average molecular weight is 292 g/mol. The van der Waals surface area contributed by atoms with Gasteiger partial charge in [0.25, 0.3) is 5.91 Å². The summed E-state index contributed by atoms with van der Waals surface area (Å²) in [6, 6.07) is 1.75. The molecule has 1 amide bonds. The van der Waals surface area contributed by atoms with Gasteiger partial charge in [0, 0.05) is 25.0 Å². The van der Waals surface area contributed by atoms with Crippen LogP contribution >= 0.6 is 11.3 Å². The maximum absolute atomic E-state index is 12.0. The molecule has 0 bridgehead atoms. The lowest BCUT2D eigenvalue weighted by molar-refractivity contribution is 0.0940. The number of carbonyl (C=O) groups excluding carboxylic acids is 1. The quantitative estimate of drug-likeness (QED) is 0.842. The number of nitrogens with zero attached hydrogens (tertiary/aromatic N) is 3. The molecule has 0 spiro atoms. The van der Waals surface area contributed by atoms with Crippen molar-refractivity contribution in [1.82, 2.24) is 20.3 Å². The van der Waals surface area contributed by atoms with Gasteiger partial charge in [0.15, 0.2) is 10.8 Å². The molecular formula is C13H16N4O2S. The summed E-state index contributed by atoms with van der Waals surface area (Å²) in [6.45, 7) is 2.05. The van der Waals surface area contributed by atoms with Crippen LogP contribution in [-0.4, -0.2) is 38.6 Å². The highest BCUT2D eigenvalue weighted by molar-refractivity contribution is 7.16. The summed E-state index contributed by atoms with van der Waals surface area (Å²) in [5.41, 5.74) is 0. The van der Waals surface area contributed by atoms with Crippen LogP contribution < -0.4 is 5.32 Å². The van der Waals surface area contributed by atoms with E-state index in [1.807, 2.05) is 6.92 Å². The minimum absolute atomic E-state index is 0.0215. The number of thiazole rings is 1. The van der Waals surface area contributed by atoms with Crippen molar-refractivity contribution in [3.63, 3.8) is 0 Å². The van der Waals surface area contributed by atoms with Gasteiger partial charge in [0.1, 0.15) is 4.88 Å². The summed E-state index contributed by atoms with van der Waals surface area (Å²) in [6.07, 6.45) is 6.23. The predicted octanol–water partition coefficient (Wildman–Crippen LogP) is 1.49. The van der Waals surface area contributed by atoms with E-state index in [9.17, 15) is 4.79 Å². The number of aliphatic hydroxyl groups excluding tert-OH is 1. The predicted molar refractivity (Wildman–Crippen MR) is 76.4 cm³/mol. The number of rotatable bonds is 6. The standard InChI is InChI=1S/C13H16N4O2S/c1-9(4-2-7-18)17-12(19)10-8-16-13(20-10)11-14-5-3-6-15-11/h3,5-6,8-9,18H,2,4,7H2,1H3,(H,17,19). The molecule has 0 saturated carbocycles. The molecule has 1 unspecified atom stereocenters. The van der Waals surface area contributed by atoms with E-state index in [0.29, 0.717) is 22.1 Å². The lowest BCUT2D eigenvalue weighted by Crippen LogP contribution is -2.32. The van der Waals surface area contributed by atoms with Crippen molar-refractivity contribution in [1.29, 1.82) is 0 Å². The maximum Gasteiger partial charge on any atom is 0.263 e. The molecule has 2 heterocycles. The van der Waals surface area contributed by atoms with E-state index in [0.717, 1.165) is 6.42 Å². The molecule has 0 fully saturated rings. The number of hydrogen-bond donors (Lipinski definition) is 2. The Bertz CT molecular complexity index is 559. The number of aliphatic hydroxyl groups is 1. The Morgan fingerprint density at radius 1 is 1.40 bits per heavy atom. The van der Waals surface area contributed by atoms with E-state index in [4.69, 9.17) is 5.11 Å². The highest BCUT2D eigenvalue weighted by Crippen LogP contribution is 2.21. The first-order valence-electron chi connectivity index (χ1n) is 6.35. The highest BCUT2D eigenvalue weighted by atomic mass is 32.1. The maximum atomic E-state index is 12.0. The molecule has 0 aliphatic rings. The topological polar surface area (TPSA) is 88.0 Å². The molecule has 2 rings (SSSR count). The van der Waals surface area contributed by atoms with Crippen molar-refractivity contribution in [2.75, 3.05) is 6.61 Å². The van der Waals surface area contributed by atoms with Crippen molar-refractivity contribution >= 4 is 17.2 Å². The minimum Gasteiger partial charge on any atom is -0.396 e. The van der Waals surface area contributed by atoms with Crippen LogP contribution in [0.4, 0.5) is 0 Å². The van der Waals surface area contributed by atoms with Crippen LogP contribution in [0.5, 0.6) is 0 Å². The molecule has 2 N–H and O–H groups in total. The highest BCUT2D eigenvalue weighted by Gasteiger charge is 2.14. The van der Waals surface area contributed by atoms with Gasteiger partial charge in [0.2, 0.25) is 0 Å². The Kier molecular flexibility index (Phi) is 5.14. The van der Waals surface area contributed by atoms with E-state index in [2.05, 4.69) is 20.3 Å². The fourth-order valence-corrected chi connectivity index (χ4v) is 2.42. The Morgan fingerprint density at radius 2 is 2.15 bits per heavy atom. The normalized spacial score (nSPS) is 12.1. The smallest absolute Gasteiger partial charge is 0.263 e. The van der Waals surface area contributed by atoms with Crippen LogP contribution in [0.15, 0.2) is 24.7 Å². The van der Waals surface area contributed by atoms with Crippen LogP contribution in [-0.2, 0) is 0 Å². The third-order valence-electron chi connectivity index (χ3n) is 2.66. The molecule has 0 saturated heterocycles. The second kappa shape index (κ2) is 7.06. The van der Waals surface area contributed by atoms with Crippen LogP contribution in [0.25, 0.3) is 10.8 Å². The fraction of sp³-hybridized carbons (Fsp3) is 0.385. The van der Waals surface area contributed by atoms with E-state index in [1.54, 1.807) is 18.5 Å². The first-order chi connectivity index (χ1) is 9.70. The van der Waals surface area contributed by atoms with E-state index < -0.39 is 0 Å². The third-order valence-corrected chi connectivity index (χ3v) is 3.65. The average Bonchev–Trinajstić information content (AvgIpc) is 2.96. The van der Waals surface area contributed by atoms with Gasteiger partial charge in [0.05, 0.1) is 6.20 Å². The van der Waals surface area contributed by atoms with Gasteiger partial charge in [-0.15, -0.1) is 11.3 Å². The molecule has 106 valence electrons. The van der Waals surface area contributed by atoms with Gasteiger partial charge in [-0.1, -0.05) is 0 Å². The summed E-state index contributed by atoms with van der Waals surface area (Å²) < 4.78 is 0. The van der Waals surface area contributed by atoms with Crippen LogP contribution in [0.1, 0.15) is 29.4 Å². The largest absolute Gasteiger partial charge is 0.396 e. The van der Waals surface area contributed by atoms with Crippen LogP contribution in [0.3, 0.4) is 0 Å². The van der Waals surface area contributed by atoms with Gasteiger partial charge in [-0.2, -0.15) is 0 Å². The summed E-state index contributed by atoms with van der Waals surface area (Å²) in [7, 11) is 0. The number of amides is 1. The summed E-state index contributed by atoms with van der Waals surface area (Å²) in [5.74, 6) is 0.361. The molecular weight excluding hydrogens is 276 g/mol. The van der Waals surface area contributed by atoms with Crippen molar-refractivity contribution < 1.29 is 9.90 Å². The zero-order valence-corrected chi connectivity index (χ0v) is 11.9. The molecule has 6 nitrogen and oxygen atoms in total. The molecule has 0 aromatic carbocycles. The van der Waals surface area contributed by atoms with Gasteiger partial charge >= 0.3 is 0 Å². The first-order valence-corrected chi connectivity index (χ1v) is 7.17. The van der Waals surface area contributed by atoms with Crippen molar-refractivity contribution in [2.45, 2.75) is 25.8 Å². The summed E-state index contributed by atoms with van der Waals surface area (Å²) >= 11 is 1.26. The summed E-state index contributed by atoms with van der Waals surface area (Å²) in [5, 5.41) is 12.3. The van der Waals surface area contributed by atoms with Crippen molar-refractivity contribution in [3.8, 4) is 10.8 Å². The Morgan fingerprint density at radius 3 is 2.85 bits per heavy atom. The molecule has 2 aromatic heterocycles. The van der Waals surface area contributed by atoms with E-state index in [-0.39, 0.29) is 18.6 Å². The Balaban J connectivity index is 2.00. The molecule has 0 aliphatic carbocycles. The SMILES string of the molecule is CC(CCCO)NC(=O)c1cnc(-c2ncccn2)s1. The molecule has 20 heavy (non-hydrogen) atoms.